The molecule has 1 aromatic carbocycles. The van der Waals surface area contributed by atoms with E-state index in [1.807, 2.05) is 19.9 Å². The molecule has 0 radical (unpaired) electrons. The Morgan fingerprint density at radius 1 is 1.04 bits per heavy atom. The number of carbonyl (C=O) groups excluding carboxylic acids is 2. The van der Waals surface area contributed by atoms with Crippen LogP contribution in [0.4, 0.5) is 0 Å². The third-order valence-corrected chi connectivity index (χ3v) is 3.58. The molecule has 0 heterocycles. The molecule has 1 aromatic rings. The average Bonchev–Trinajstić information content (AvgIpc) is 2.46. The van der Waals surface area contributed by atoms with Crippen molar-refractivity contribution in [3.05, 3.63) is 34.9 Å². The van der Waals surface area contributed by atoms with Crippen molar-refractivity contribution in [3.8, 4) is 0 Å². The molecule has 132 valence electrons. The van der Waals surface area contributed by atoms with Crippen molar-refractivity contribution in [1.29, 1.82) is 0 Å². The maximum atomic E-state index is 12.0. The van der Waals surface area contributed by atoms with Crippen LogP contribution in [0.1, 0.15) is 55.3 Å². The second-order valence-corrected chi connectivity index (χ2v) is 6.05. The van der Waals surface area contributed by atoms with Crippen molar-refractivity contribution in [2.24, 2.45) is 0 Å². The lowest BCUT2D eigenvalue weighted by Crippen LogP contribution is -2.33. The molecule has 6 nitrogen and oxygen atoms in total. The third kappa shape index (κ3) is 7.26. The lowest BCUT2D eigenvalue weighted by Gasteiger charge is -2.16. The number of aryl methyl sites for hydroxylation is 2. The van der Waals surface area contributed by atoms with E-state index in [0.717, 1.165) is 24.0 Å². The monoisotopic (exact) mass is 334 g/mol. The van der Waals surface area contributed by atoms with Gasteiger partial charge in [-0.2, -0.15) is 0 Å². The van der Waals surface area contributed by atoms with Gasteiger partial charge in [0.25, 0.3) is 0 Å². The molecule has 2 amide bonds. The Morgan fingerprint density at radius 2 is 1.67 bits per heavy atom. The number of hydrogen-bond acceptors (Lipinski definition) is 3. The molecule has 0 spiro atoms. The van der Waals surface area contributed by atoms with Crippen LogP contribution in [-0.2, 0) is 14.4 Å². The van der Waals surface area contributed by atoms with Gasteiger partial charge >= 0.3 is 5.97 Å². The lowest BCUT2D eigenvalue weighted by molar-refractivity contribution is -0.142. The molecule has 0 aliphatic rings. The van der Waals surface area contributed by atoms with Gasteiger partial charge in [0.05, 0.1) is 0 Å². The molecule has 6 heteroatoms. The molecule has 0 saturated heterocycles. The normalized spacial score (nSPS) is 11.6. The van der Waals surface area contributed by atoms with E-state index in [2.05, 4.69) is 10.6 Å². The van der Waals surface area contributed by atoms with E-state index in [9.17, 15) is 19.5 Å². The number of carboxylic acids is 1. The summed E-state index contributed by atoms with van der Waals surface area (Å²) in [6.07, 6.45) is 2.53. The molecule has 1 unspecified atom stereocenters. The van der Waals surface area contributed by atoms with Gasteiger partial charge in [-0.1, -0.05) is 35.7 Å². The molecule has 0 saturated carbocycles. The molecule has 0 aliphatic heterocycles. The van der Waals surface area contributed by atoms with Crippen LogP contribution in [0.2, 0.25) is 0 Å². The van der Waals surface area contributed by atoms with E-state index in [-0.39, 0.29) is 18.2 Å². The van der Waals surface area contributed by atoms with Gasteiger partial charge in [-0.05, 0) is 32.3 Å². The van der Waals surface area contributed by atoms with Gasteiger partial charge in [-0.3, -0.25) is 9.59 Å². The van der Waals surface area contributed by atoms with E-state index in [0.29, 0.717) is 18.5 Å². The van der Waals surface area contributed by atoms with Crippen molar-refractivity contribution >= 4 is 17.8 Å². The van der Waals surface area contributed by atoms with Crippen molar-refractivity contribution in [2.75, 3.05) is 6.54 Å². The Hall–Kier alpha value is -2.37. The maximum Gasteiger partial charge on any atom is 0.330 e. The first kappa shape index (κ1) is 19.7. The zero-order valence-corrected chi connectivity index (χ0v) is 14.5. The summed E-state index contributed by atoms with van der Waals surface area (Å²) in [5.74, 6) is -1.41. The van der Waals surface area contributed by atoms with E-state index < -0.39 is 12.0 Å². The highest BCUT2D eigenvalue weighted by molar-refractivity contribution is 5.84. The summed E-state index contributed by atoms with van der Waals surface area (Å²) < 4.78 is 0. The molecular weight excluding hydrogens is 308 g/mol. The summed E-state index contributed by atoms with van der Waals surface area (Å²) in [6, 6.07) is 4.48. The topological polar surface area (TPSA) is 95.5 Å². The Bertz CT molecular complexity index is 578. The quantitative estimate of drug-likeness (QED) is 0.604. The maximum absolute atomic E-state index is 12.0. The Morgan fingerprint density at radius 3 is 2.21 bits per heavy atom. The largest absolute Gasteiger partial charge is 0.479 e. The smallest absolute Gasteiger partial charge is 0.330 e. The number of hydrogen-bond donors (Lipinski definition) is 3. The minimum Gasteiger partial charge on any atom is -0.479 e. The molecule has 24 heavy (non-hydrogen) atoms. The van der Waals surface area contributed by atoms with E-state index in [1.54, 1.807) is 12.1 Å². The van der Waals surface area contributed by atoms with Gasteiger partial charge in [0.15, 0.2) is 6.04 Å². The molecule has 1 atom stereocenters. The van der Waals surface area contributed by atoms with Crippen LogP contribution in [-0.4, -0.2) is 29.4 Å². The third-order valence-electron chi connectivity index (χ3n) is 3.58. The first-order valence-electron chi connectivity index (χ1n) is 8.14. The summed E-state index contributed by atoms with van der Waals surface area (Å²) in [7, 11) is 0. The SMILES string of the molecule is CC(=O)NCCCCCC(=O)NC(C(=O)O)c1cc(C)cc(C)c1. The predicted octanol–water partition coefficient (Wildman–Crippen LogP) is 2.24. The van der Waals surface area contributed by atoms with E-state index in [1.165, 1.54) is 6.92 Å². The van der Waals surface area contributed by atoms with Crippen LogP contribution in [0, 0.1) is 13.8 Å². The number of benzene rings is 1. The van der Waals surface area contributed by atoms with Crippen molar-refractivity contribution in [2.45, 2.75) is 52.5 Å². The Labute approximate surface area is 142 Å². The van der Waals surface area contributed by atoms with Crippen molar-refractivity contribution < 1.29 is 19.5 Å². The Kier molecular flexibility index (Phi) is 7.95. The molecule has 3 N–H and O–H groups in total. The highest BCUT2D eigenvalue weighted by Gasteiger charge is 2.22. The second kappa shape index (κ2) is 9.70. The molecule has 0 bridgehead atoms. The first-order valence-corrected chi connectivity index (χ1v) is 8.14. The summed E-state index contributed by atoms with van der Waals surface area (Å²) in [5, 5.41) is 14.7. The van der Waals surface area contributed by atoms with Gasteiger partial charge in [0.1, 0.15) is 0 Å². The number of carboxylic acid groups (broad SMARTS) is 1. The van der Waals surface area contributed by atoms with Gasteiger partial charge in [0, 0.05) is 19.9 Å². The van der Waals surface area contributed by atoms with Crippen molar-refractivity contribution in [3.63, 3.8) is 0 Å². The molecule has 1 rings (SSSR count). The van der Waals surface area contributed by atoms with Crippen LogP contribution in [0.5, 0.6) is 0 Å². The fraction of sp³-hybridized carbons (Fsp3) is 0.500. The summed E-state index contributed by atoms with van der Waals surface area (Å²) in [5.41, 5.74) is 2.51. The highest BCUT2D eigenvalue weighted by Crippen LogP contribution is 2.18. The fourth-order valence-corrected chi connectivity index (χ4v) is 2.55. The van der Waals surface area contributed by atoms with Gasteiger partial charge < -0.3 is 15.7 Å². The first-order chi connectivity index (χ1) is 11.3. The summed E-state index contributed by atoms with van der Waals surface area (Å²) >= 11 is 0. The second-order valence-electron chi connectivity index (χ2n) is 6.05. The molecule has 0 aromatic heterocycles. The van der Waals surface area contributed by atoms with Crippen LogP contribution < -0.4 is 10.6 Å². The van der Waals surface area contributed by atoms with Crippen LogP contribution in [0.3, 0.4) is 0 Å². The predicted molar refractivity (Wildman–Crippen MR) is 91.6 cm³/mol. The number of rotatable bonds is 9. The Balaban J connectivity index is 2.49. The van der Waals surface area contributed by atoms with Gasteiger partial charge in [0.2, 0.25) is 11.8 Å². The zero-order valence-electron chi connectivity index (χ0n) is 14.5. The molecule has 0 fully saturated rings. The number of carbonyl (C=O) groups is 3. The fourth-order valence-electron chi connectivity index (χ4n) is 2.55. The van der Waals surface area contributed by atoms with Gasteiger partial charge in [-0.25, -0.2) is 4.79 Å². The van der Waals surface area contributed by atoms with Crippen molar-refractivity contribution in [1.82, 2.24) is 10.6 Å². The zero-order chi connectivity index (χ0) is 18.1. The molecule has 0 aliphatic carbocycles. The van der Waals surface area contributed by atoms with E-state index in [4.69, 9.17) is 0 Å². The number of aliphatic carboxylic acids is 1. The number of unbranched alkanes of at least 4 members (excludes halogenated alkanes) is 2. The number of nitrogens with one attached hydrogen (secondary N) is 2. The van der Waals surface area contributed by atoms with Crippen LogP contribution in [0.25, 0.3) is 0 Å². The van der Waals surface area contributed by atoms with E-state index >= 15 is 0 Å². The molecular formula is C18H26N2O4. The standard InChI is InChI=1S/C18H26N2O4/c1-12-9-13(2)11-15(10-12)17(18(23)24)20-16(22)7-5-4-6-8-19-14(3)21/h9-11,17H,4-8H2,1-3H3,(H,19,21)(H,20,22)(H,23,24). The number of amides is 2. The summed E-state index contributed by atoms with van der Waals surface area (Å²) in [4.78, 5) is 34.2. The lowest BCUT2D eigenvalue weighted by atomic mass is 10.0. The van der Waals surface area contributed by atoms with Crippen LogP contribution >= 0.6 is 0 Å². The highest BCUT2D eigenvalue weighted by atomic mass is 16.4. The minimum atomic E-state index is -1.07. The summed E-state index contributed by atoms with van der Waals surface area (Å²) in [6.45, 7) is 5.85. The average molecular weight is 334 g/mol. The van der Waals surface area contributed by atoms with Gasteiger partial charge in [-0.15, -0.1) is 0 Å². The minimum absolute atomic E-state index is 0.0644. The van der Waals surface area contributed by atoms with Crippen LogP contribution in [0.15, 0.2) is 18.2 Å².